The monoisotopic (exact) mass is 440 g/mol. The van der Waals surface area contributed by atoms with Crippen LogP contribution in [-0.4, -0.2) is 17.7 Å². The molecule has 3 fully saturated rings. The fourth-order valence-corrected chi connectivity index (χ4v) is 6.59. The van der Waals surface area contributed by atoms with Gasteiger partial charge in [-0.3, -0.25) is 14.4 Å². The topological polar surface area (TPSA) is 66.5 Å². The second-order valence-corrected chi connectivity index (χ2v) is 9.83. The molecular weight excluding hydrogens is 412 g/mol. The number of aryl methyl sites for hydroxylation is 2. The van der Waals surface area contributed by atoms with Crippen molar-refractivity contribution in [2.75, 3.05) is 10.2 Å². The number of carbonyl (C=O) groups excluding carboxylic acids is 3. The Morgan fingerprint density at radius 1 is 0.909 bits per heavy atom. The molecule has 4 aliphatic carbocycles. The van der Waals surface area contributed by atoms with Crippen LogP contribution in [0.4, 0.5) is 11.4 Å². The average molecular weight is 441 g/mol. The van der Waals surface area contributed by atoms with Gasteiger partial charge in [-0.1, -0.05) is 50.3 Å². The third-order valence-corrected chi connectivity index (χ3v) is 8.27. The Hall–Kier alpha value is -3.21. The molecule has 168 valence electrons. The summed E-state index contributed by atoms with van der Waals surface area (Å²) in [7, 11) is 0. The van der Waals surface area contributed by atoms with E-state index in [0.717, 1.165) is 36.1 Å². The van der Waals surface area contributed by atoms with Gasteiger partial charge in [0.25, 0.3) is 5.91 Å². The van der Waals surface area contributed by atoms with Crippen LogP contribution in [0.5, 0.6) is 0 Å². The van der Waals surface area contributed by atoms with Crippen LogP contribution in [0.1, 0.15) is 41.8 Å². The number of amides is 3. The van der Waals surface area contributed by atoms with Gasteiger partial charge in [0, 0.05) is 11.3 Å². The van der Waals surface area contributed by atoms with Crippen molar-refractivity contribution in [1.29, 1.82) is 0 Å². The first-order valence-electron chi connectivity index (χ1n) is 12.1. The van der Waals surface area contributed by atoms with Gasteiger partial charge in [0.15, 0.2) is 0 Å². The van der Waals surface area contributed by atoms with Gasteiger partial charge < -0.3 is 5.32 Å². The van der Waals surface area contributed by atoms with E-state index in [1.54, 1.807) is 24.3 Å². The van der Waals surface area contributed by atoms with E-state index >= 15 is 0 Å². The summed E-state index contributed by atoms with van der Waals surface area (Å²) in [5.41, 5.74) is 3.99. The second-order valence-electron chi connectivity index (χ2n) is 9.83. The summed E-state index contributed by atoms with van der Waals surface area (Å²) in [6.45, 7) is 4.14. The smallest absolute Gasteiger partial charge is 0.255 e. The number of rotatable bonds is 5. The van der Waals surface area contributed by atoms with Crippen LogP contribution < -0.4 is 10.2 Å². The molecule has 33 heavy (non-hydrogen) atoms. The lowest BCUT2D eigenvalue weighted by molar-refractivity contribution is -0.124. The van der Waals surface area contributed by atoms with Crippen molar-refractivity contribution in [3.05, 3.63) is 71.3 Å². The number of anilines is 2. The van der Waals surface area contributed by atoms with Crippen LogP contribution in [0.15, 0.2) is 54.6 Å². The predicted octanol–water partition coefficient (Wildman–Crippen LogP) is 4.62. The Bertz CT molecular complexity index is 1160. The number of allylic oxidation sites excluding steroid dienone is 2. The number of hydrogen-bond donors (Lipinski definition) is 1. The highest BCUT2D eigenvalue weighted by Gasteiger charge is 2.67. The van der Waals surface area contributed by atoms with Crippen LogP contribution in [0.3, 0.4) is 0 Å². The van der Waals surface area contributed by atoms with Gasteiger partial charge in [-0.25, -0.2) is 4.90 Å². The standard InChI is InChI=1S/C28H28N2O3/c1-3-15-7-5-8-16(4-2)25(15)29-26(31)17-9-6-10-18(13-17)30-27(32)23-19-11-12-20(22-14-21(19)22)24(23)28(30)33/h5-13,19-24H,3-4,14H2,1-2H3,(H,29,31)/t19-,20-,21-,22-,23-,24+/m0/s1. The van der Waals surface area contributed by atoms with E-state index in [-0.39, 0.29) is 41.4 Å². The van der Waals surface area contributed by atoms with Crippen LogP contribution in [-0.2, 0) is 22.4 Å². The minimum atomic E-state index is -0.239. The SMILES string of the molecule is CCc1cccc(CC)c1NC(=O)c1cccc(N2C(=O)[C@@H]3[C@H]4C=C[C@@H]([C@@H]5C[C@@H]45)[C@@H]3C2=O)c1. The normalized spacial score (nSPS) is 30.9. The summed E-state index contributed by atoms with van der Waals surface area (Å²) in [5, 5.41) is 3.09. The molecule has 0 radical (unpaired) electrons. The first-order chi connectivity index (χ1) is 16.0. The highest BCUT2D eigenvalue weighted by molar-refractivity contribution is 6.23. The van der Waals surface area contributed by atoms with Crippen molar-refractivity contribution < 1.29 is 14.4 Å². The van der Waals surface area contributed by atoms with Gasteiger partial charge in [-0.2, -0.15) is 0 Å². The lowest BCUT2D eigenvalue weighted by Crippen LogP contribution is -2.40. The minimum Gasteiger partial charge on any atom is -0.321 e. The van der Waals surface area contributed by atoms with E-state index in [9.17, 15) is 14.4 Å². The molecule has 2 bridgehead atoms. The molecule has 7 rings (SSSR count). The van der Waals surface area contributed by atoms with Crippen LogP contribution in [0.25, 0.3) is 0 Å². The number of hydrogen-bond acceptors (Lipinski definition) is 3. The molecule has 1 heterocycles. The first-order valence-corrected chi connectivity index (χ1v) is 12.1. The zero-order valence-corrected chi connectivity index (χ0v) is 19.0. The van der Waals surface area contributed by atoms with Crippen molar-refractivity contribution in [2.45, 2.75) is 33.1 Å². The molecule has 2 aromatic carbocycles. The predicted molar refractivity (Wildman–Crippen MR) is 127 cm³/mol. The van der Waals surface area contributed by atoms with E-state index in [1.807, 2.05) is 18.2 Å². The maximum Gasteiger partial charge on any atom is 0.255 e. The molecule has 1 N–H and O–H groups in total. The molecular formula is C28H28N2O3. The lowest BCUT2D eigenvalue weighted by atomic mass is 9.63. The molecule has 0 spiro atoms. The fraction of sp³-hybridized carbons (Fsp3) is 0.393. The van der Waals surface area contributed by atoms with Crippen molar-refractivity contribution in [3.8, 4) is 0 Å². The molecule has 1 aliphatic heterocycles. The summed E-state index contributed by atoms with van der Waals surface area (Å²) < 4.78 is 0. The average Bonchev–Trinajstić information content (AvgIpc) is 3.62. The van der Waals surface area contributed by atoms with Crippen LogP contribution in [0, 0.1) is 35.5 Å². The number of imide groups is 1. The summed E-state index contributed by atoms with van der Waals surface area (Å²) in [6.07, 6.45) is 7.14. The van der Waals surface area contributed by atoms with Crippen LogP contribution >= 0.6 is 0 Å². The Morgan fingerprint density at radius 2 is 1.48 bits per heavy atom. The number of nitrogens with one attached hydrogen (secondary N) is 1. The maximum absolute atomic E-state index is 13.4. The summed E-state index contributed by atoms with van der Waals surface area (Å²) in [6, 6.07) is 13.0. The quantitative estimate of drug-likeness (QED) is 0.545. The van der Waals surface area contributed by atoms with Crippen molar-refractivity contribution in [2.24, 2.45) is 35.5 Å². The molecule has 5 aliphatic rings. The summed E-state index contributed by atoms with van der Waals surface area (Å²) >= 11 is 0. The Labute approximate surface area is 193 Å². The third kappa shape index (κ3) is 2.94. The molecule has 0 aromatic heterocycles. The van der Waals surface area contributed by atoms with E-state index in [4.69, 9.17) is 0 Å². The Kier molecular flexibility index (Phi) is 4.58. The molecule has 6 atom stereocenters. The van der Waals surface area contributed by atoms with Gasteiger partial charge >= 0.3 is 0 Å². The molecule has 5 heteroatoms. The van der Waals surface area contributed by atoms with E-state index in [1.165, 1.54) is 4.90 Å². The Balaban J connectivity index is 1.29. The van der Waals surface area contributed by atoms with Gasteiger partial charge in [0.2, 0.25) is 11.8 Å². The van der Waals surface area contributed by atoms with E-state index < -0.39 is 0 Å². The zero-order valence-electron chi connectivity index (χ0n) is 19.0. The van der Waals surface area contributed by atoms with Gasteiger partial charge in [0.1, 0.15) is 0 Å². The number of benzene rings is 2. The van der Waals surface area contributed by atoms with Crippen LogP contribution in [0.2, 0.25) is 0 Å². The minimum absolute atomic E-state index is 0.100. The number of carbonyl (C=O) groups is 3. The molecule has 2 aromatic rings. The number of nitrogens with zero attached hydrogens (tertiary/aromatic N) is 1. The zero-order chi connectivity index (χ0) is 22.9. The summed E-state index contributed by atoms with van der Waals surface area (Å²) in [5.74, 6) is 0.616. The highest BCUT2D eigenvalue weighted by atomic mass is 16.2. The molecule has 3 amide bonds. The van der Waals surface area contributed by atoms with Crippen molar-refractivity contribution >= 4 is 29.1 Å². The van der Waals surface area contributed by atoms with E-state index in [0.29, 0.717) is 23.1 Å². The largest absolute Gasteiger partial charge is 0.321 e. The number of para-hydroxylation sites is 1. The highest BCUT2D eigenvalue weighted by Crippen LogP contribution is 2.65. The molecule has 5 nitrogen and oxygen atoms in total. The molecule has 2 saturated carbocycles. The first kappa shape index (κ1) is 20.4. The van der Waals surface area contributed by atoms with Crippen molar-refractivity contribution in [3.63, 3.8) is 0 Å². The fourth-order valence-electron chi connectivity index (χ4n) is 6.59. The lowest BCUT2D eigenvalue weighted by Gasteiger charge is -2.37. The molecule has 1 saturated heterocycles. The van der Waals surface area contributed by atoms with Gasteiger partial charge in [-0.15, -0.1) is 0 Å². The second kappa shape index (κ2) is 7.41. The van der Waals surface area contributed by atoms with Gasteiger partial charge in [-0.05, 0) is 72.3 Å². The molecule has 0 unspecified atom stereocenters. The Morgan fingerprint density at radius 3 is 2.06 bits per heavy atom. The van der Waals surface area contributed by atoms with E-state index in [2.05, 4.69) is 31.3 Å². The summed E-state index contributed by atoms with van der Waals surface area (Å²) in [4.78, 5) is 41.4. The third-order valence-electron chi connectivity index (χ3n) is 8.27. The van der Waals surface area contributed by atoms with Crippen molar-refractivity contribution in [1.82, 2.24) is 0 Å². The van der Waals surface area contributed by atoms with Gasteiger partial charge in [0.05, 0.1) is 17.5 Å². The maximum atomic E-state index is 13.4.